The number of carbonyl (C=O) groups is 1. The fraction of sp³-hybridized carbons (Fsp3) is 0.100. The minimum atomic E-state index is -0.902. The van der Waals surface area contributed by atoms with E-state index in [1.807, 2.05) is 24.3 Å². The fourth-order valence-corrected chi connectivity index (χ4v) is 1.60. The summed E-state index contributed by atoms with van der Waals surface area (Å²) in [6.07, 6.45) is 1.36. The Bertz CT molecular complexity index is 507. The Balaban J connectivity index is 2.36. The van der Waals surface area contributed by atoms with Crippen LogP contribution in [0.1, 0.15) is 5.69 Å². The lowest BCUT2D eigenvalue weighted by molar-refractivity contribution is -0.136. The summed E-state index contributed by atoms with van der Waals surface area (Å²) >= 11 is 3.33. The SMILES string of the molecule is O=C(O)Cc1cnnn1-c1ccc(Br)cc1. The fourth-order valence-electron chi connectivity index (χ4n) is 1.33. The predicted octanol–water partition coefficient (Wildman–Crippen LogP) is 1.66. The molecule has 6 heteroatoms. The molecule has 82 valence electrons. The summed E-state index contributed by atoms with van der Waals surface area (Å²) in [5.74, 6) is -0.902. The van der Waals surface area contributed by atoms with Gasteiger partial charge < -0.3 is 5.11 Å². The van der Waals surface area contributed by atoms with Crippen LogP contribution in [0.3, 0.4) is 0 Å². The average molecular weight is 282 g/mol. The van der Waals surface area contributed by atoms with Gasteiger partial charge in [-0.1, -0.05) is 21.1 Å². The molecule has 0 saturated carbocycles. The van der Waals surface area contributed by atoms with Crippen LogP contribution in [0.4, 0.5) is 0 Å². The van der Waals surface area contributed by atoms with Gasteiger partial charge in [-0.25, -0.2) is 4.68 Å². The molecule has 5 nitrogen and oxygen atoms in total. The lowest BCUT2D eigenvalue weighted by Gasteiger charge is -2.04. The maximum absolute atomic E-state index is 10.6. The summed E-state index contributed by atoms with van der Waals surface area (Å²) in [4.78, 5) is 10.6. The number of benzene rings is 1. The van der Waals surface area contributed by atoms with E-state index >= 15 is 0 Å². The first-order valence-electron chi connectivity index (χ1n) is 4.54. The van der Waals surface area contributed by atoms with Crippen molar-refractivity contribution in [2.24, 2.45) is 0 Å². The smallest absolute Gasteiger partial charge is 0.309 e. The summed E-state index contributed by atoms with van der Waals surface area (Å²) in [5.41, 5.74) is 1.34. The maximum Gasteiger partial charge on any atom is 0.309 e. The molecule has 1 heterocycles. The Hall–Kier alpha value is -1.69. The Morgan fingerprint density at radius 2 is 2.06 bits per heavy atom. The quantitative estimate of drug-likeness (QED) is 0.929. The van der Waals surface area contributed by atoms with Crippen LogP contribution in [0.15, 0.2) is 34.9 Å². The molecule has 2 rings (SSSR count). The van der Waals surface area contributed by atoms with Gasteiger partial charge in [0.05, 0.1) is 24.0 Å². The van der Waals surface area contributed by atoms with Gasteiger partial charge in [0, 0.05) is 4.47 Å². The van der Waals surface area contributed by atoms with Gasteiger partial charge in [0.15, 0.2) is 0 Å². The van der Waals surface area contributed by atoms with E-state index in [1.54, 1.807) is 0 Å². The first-order chi connectivity index (χ1) is 7.66. The molecule has 0 aliphatic carbocycles. The van der Waals surface area contributed by atoms with Crippen molar-refractivity contribution in [2.45, 2.75) is 6.42 Å². The zero-order valence-electron chi connectivity index (χ0n) is 8.17. The molecule has 0 amide bonds. The predicted molar refractivity (Wildman–Crippen MR) is 60.4 cm³/mol. The lowest BCUT2D eigenvalue weighted by Crippen LogP contribution is -2.07. The number of aliphatic carboxylic acids is 1. The monoisotopic (exact) mass is 281 g/mol. The number of nitrogens with zero attached hydrogens (tertiary/aromatic N) is 3. The Morgan fingerprint density at radius 1 is 1.38 bits per heavy atom. The van der Waals surface area contributed by atoms with Crippen molar-refractivity contribution in [3.8, 4) is 5.69 Å². The summed E-state index contributed by atoms with van der Waals surface area (Å²) in [5, 5.41) is 16.3. The van der Waals surface area contributed by atoms with E-state index < -0.39 is 5.97 Å². The molecule has 1 N–H and O–H groups in total. The van der Waals surface area contributed by atoms with Crippen LogP contribution >= 0.6 is 15.9 Å². The molecular formula is C10H8BrN3O2. The molecule has 0 spiro atoms. The minimum absolute atomic E-state index is 0.0942. The van der Waals surface area contributed by atoms with Crippen LogP contribution in [0.2, 0.25) is 0 Å². The van der Waals surface area contributed by atoms with E-state index in [0.29, 0.717) is 5.69 Å². The number of rotatable bonds is 3. The van der Waals surface area contributed by atoms with Crippen molar-refractivity contribution in [2.75, 3.05) is 0 Å². The lowest BCUT2D eigenvalue weighted by atomic mass is 10.3. The van der Waals surface area contributed by atoms with E-state index in [0.717, 1.165) is 10.2 Å². The topological polar surface area (TPSA) is 68.0 Å². The van der Waals surface area contributed by atoms with Gasteiger partial charge in [0.2, 0.25) is 0 Å². The second-order valence-electron chi connectivity index (χ2n) is 3.18. The molecule has 0 radical (unpaired) electrons. The molecule has 0 saturated heterocycles. The number of carboxylic acids is 1. The van der Waals surface area contributed by atoms with Crippen LogP contribution < -0.4 is 0 Å². The third kappa shape index (κ3) is 2.27. The van der Waals surface area contributed by atoms with Gasteiger partial charge in [-0.2, -0.15) is 0 Å². The molecule has 0 atom stereocenters. The first-order valence-corrected chi connectivity index (χ1v) is 5.33. The minimum Gasteiger partial charge on any atom is -0.481 e. The first kappa shape index (κ1) is 10.8. The highest BCUT2D eigenvalue weighted by molar-refractivity contribution is 9.10. The zero-order chi connectivity index (χ0) is 11.5. The second kappa shape index (κ2) is 4.44. The van der Waals surface area contributed by atoms with Crippen molar-refractivity contribution in [3.05, 3.63) is 40.6 Å². The highest BCUT2D eigenvalue weighted by Crippen LogP contribution is 2.14. The van der Waals surface area contributed by atoms with E-state index in [4.69, 9.17) is 5.11 Å². The standard InChI is InChI=1S/C10H8BrN3O2/c11-7-1-3-8(4-2-7)14-9(5-10(15)16)6-12-13-14/h1-4,6H,5H2,(H,15,16). The largest absolute Gasteiger partial charge is 0.481 e. The molecule has 1 aromatic carbocycles. The third-order valence-electron chi connectivity index (χ3n) is 2.02. The zero-order valence-corrected chi connectivity index (χ0v) is 9.75. The van der Waals surface area contributed by atoms with Gasteiger partial charge in [-0.3, -0.25) is 4.79 Å². The molecular weight excluding hydrogens is 274 g/mol. The summed E-state index contributed by atoms with van der Waals surface area (Å²) in [6.45, 7) is 0. The normalized spacial score (nSPS) is 10.3. The molecule has 0 aliphatic heterocycles. The van der Waals surface area contributed by atoms with Gasteiger partial charge >= 0.3 is 5.97 Å². The van der Waals surface area contributed by atoms with Crippen LogP contribution in [0, 0.1) is 0 Å². The second-order valence-corrected chi connectivity index (χ2v) is 4.10. The molecule has 0 fully saturated rings. The highest BCUT2D eigenvalue weighted by atomic mass is 79.9. The van der Waals surface area contributed by atoms with Gasteiger partial charge in [0.25, 0.3) is 0 Å². The van der Waals surface area contributed by atoms with Crippen molar-refractivity contribution in [1.29, 1.82) is 0 Å². The van der Waals surface area contributed by atoms with Crippen molar-refractivity contribution < 1.29 is 9.90 Å². The summed E-state index contributed by atoms with van der Waals surface area (Å²) < 4.78 is 2.47. The molecule has 0 bridgehead atoms. The van der Waals surface area contributed by atoms with E-state index in [-0.39, 0.29) is 6.42 Å². The Kier molecular flexibility index (Phi) is 3.00. The number of hydrogen-bond donors (Lipinski definition) is 1. The molecule has 1 aromatic heterocycles. The number of carboxylic acid groups (broad SMARTS) is 1. The molecule has 0 unspecified atom stereocenters. The maximum atomic E-state index is 10.6. The highest BCUT2D eigenvalue weighted by Gasteiger charge is 2.09. The van der Waals surface area contributed by atoms with Crippen molar-refractivity contribution >= 4 is 21.9 Å². The van der Waals surface area contributed by atoms with Crippen LogP contribution in [0.5, 0.6) is 0 Å². The van der Waals surface area contributed by atoms with Crippen molar-refractivity contribution in [3.63, 3.8) is 0 Å². The number of aromatic nitrogens is 3. The van der Waals surface area contributed by atoms with Gasteiger partial charge in [0.1, 0.15) is 0 Å². The molecule has 0 aliphatic rings. The van der Waals surface area contributed by atoms with Crippen LogP contribution in [0.25, 0.3) is 5.69 Å². The van der Waals surface area contributed by atoms with E-state index in [1.165, 1.54) is 10.9 Å². The summed E-state index contributed by atoms with van der Waals surface area (Å²) in [7, 11) is 0. The third-order valence-corrected chi connectivity index (χ3v) is 2.55. The number of halogens is 1. The van der Waals surface area contributed by atoms with Gasteiger partial charge in [-0.15, -0.1) is 5.10 Å². The number of hydrogen-bond acceptors (Lipinski definition) is 3. The van der Waals surface area contributed by atoms with Gasteiger partial charge in [-0.05, 0) is 24.3 Å². The van der Waals surface area contributed by atoms with E-state index in [9.17, 15) is 4.79 Å². The van der Waals surface area contributed by atoms with Crippen LogP contribution in [-0.2, 0) is 11.2 Å². The Morgan fingerprint density at radius 3 is 2.69 bits per heavy atom. The van der Waals surface area contributed by atoms with Crippen molar-refractivity contribution in [1.82, 2.24) is 15.0 Å². The van der Waals surface area contributed by atoms with E-state index in [2.05, 4.69) is 26.2 Å². The molecule has 16 heavy (non-hydrogen) atoms. The summed E-state index contributed by atoms with van der Waals surface area (Å²) in [6, 6.07) is 7.40. The Labute approximate surface area is 99.8 Å². The van der Waals surface area contributed by atoms with Crippen LogP contribution in [-0.4, -0.2) is 26.1 Å². The molecule has 2 aromatic rings. The average Bonchev–Trinajstić information content (AvgIpc) is 2.66.